The first kappa shape index (κ1) is 20.1. The fraction of sp³-hybridized carbons (Fsp3) is 0.391. The average Bonchev–Trinajstić information content (AvgIpc) is 2.70. The van der Waals surface area contributed by atoms with Crippen molar-refractivity contribution >= 4 is 11.7 Å². The van der Waals surface area contributed by atoms with E-state index in [1.807, 2.05) is 36.4 Å². The van der Waals surface area contributed by atoms with E-state index in [-0.39, 0.29) is 24.8 Å². The molecule has 148 valence electrons. The van der Waals surface area contributed by atoms with Crippen molar-refractivity contribution in [2.75, 3.05) is 13.2 Å². The number of amides is 1. The highest BCUT2D eigenvalue weighted by Gasteiger charge is 2.34. The van der Waals surface area contributed by atoms with Crippen LogP contribution in [0.15, 0.2) is 48.5 Å². The molecule has 0 aromatic heterocycles. The Hall–Kier alpha value is -2.66. The first-order valence-corrected chi connectivity index (χ1v) is 9.75. The molecular formula is C23H27NO4. The van der Waals surface area contributed by atoms with Crippen LogP contribution in [0.4, 0.5) is 0 Å². The Morgan fingerprint density at radius 2 is 1.89 bits per heavy atom. The maximum absolute atomic E-state index is 12.2. The summed E-state index contributed by atoms with van der Waals surface area (Å²) < 4.78 is 5.53. The van der Waals surface area contributed by atoms with Crippen molar-refractivity contribution in [3.8, 4) is 5.75 Å². The third kappa shape index (κ3) is 5.20. The minimum absolute atomic E-state index is 0.107. The van der Waals surface area contributed by atoms with E-state index >= 15 is 0 Å². The summed E-state index contributed by atoms with van der Waals surface area (Å²) in [7, 11) is 0. The van der Waals surface area contributed by atoms with Crippen LogP contribution in [0.2, 0.25) is 0 Å². The van der Waals surface area contributed by atoms with Gasteiger partial charge in [0.1, 0.15) is 17.1 Å². The molecule has 0 radical (unpaired) electrons. The first-order chi connectivity index (χ1) is 13.5. The van der Waals surface area contributed by atoms with Crippen LogP contribution in [0, 0.1) is 0 Å². The zero-order valence-electron chi connectivity index (χ0n) is 16.2. The molecule has 0 bridgehead atoms. The van der Waals surface area contributed by atoms with Crippen LogP contribution >= 0.6 is 0 Å². The van der Waals surface area contributed by atoms with Gasteiger partial charge in [0.2, 0.25) is 0 Å². The smallest absolute Gasteiger partial charge is 0.258 e. The van der Waals surface area contributed by atoms with Crippen molar-refractivity contribution in [2.24, 2.45) is 0 Å². The van der Waals surface area contributed by atoms with Crippen molar-refractivity contribution in [1.82, 2.24) is 5.32 Å². The molecule has 1 unspecified atom stereocenters. The number of hydrogen-bond donors (Lipinski definition) is 2. The van der Waals surface area contributed by atoms with Gasteiger partial charge in [-0.3, -0.25) is 4.79 Å². The molecule has 1 aliphatic carbocycles. The van der Waals surface area contributed by atoms with Crippen LogP contribution in [0.3, 0.4) is 0 Å². The number of rotatable bonds is 8. The highest BCUT2D eigenvalue weighted by atomic mass is 16.5. The minimum atomic E-state index is -1.02. The van der Waals surface area contributed by atoms with Crippen molar-refractivity contribution < 1.29 is 19.4 Å². The van der Waals surface area contributed by atoms with Gasteiger partial charge in [0.05, 0.1) is 6.54 Å². The highest BCUT2D eigenvalue weighted by molar-refractivity contribution is 5.77. The standard InChI is InChI=1S/C23H27NO4/c1-17(25)8-9-18-10-12-20(13-11-18)28-15-22(26)24-16-23(27)14-4-6-19-5-2-3-7-21(19)23/h2-3,5,7,10-13,27H,4,6,8-9,14-16H2,1H3,(H,24,26). The van der Waals surface area contributed by atoms with E-state index in [1.54, 1.807) is 19.1 Å². The van der Waals surface area contributed by atoms with Gasteiger partial charge >= 0.3 is 0 Å². The topological polar surface area (TPSA) is 75.6 Å². The van der Waals surface area contributed by atoms with Gasteiger partial charge in [0.25, 0.3) is 5.91 Å². The van der Waals surface area contributed by atoms with E-state index in [0.717, 1.165) is 29.5 Å². The Kier molecular flexibility index (Phi) is 6.47. The van der Waals surface area contributed by atoms with Gasteiger partial charge < -0.3 is 20.0 Å². The van der Waals surface area contributed by atoms with Gasteiger partial charge in [-0.05, 0) is 61.4 Å². The maximum atomic E-state index is 12.2. The summed E-state index contributed by atoms with van der Waals surface area (Å²) in [6.45, 7) is 1.65. The Balaban J connectivity index is 1.48. The Morgan fingerprint density at radius 1 is 1.14 bits per heavy atom. The summed E-state index contributed by atoms with van der Waals surface area (Å²) >= 11 is 0. The zero-order chi connectivity index (χ0) is 20.0. The summed E-state index contributed by atoms with van der Waals surface area (Å²) in [6, 6.07) is 15.3. The van der Waals surface area contributed by atoms with E-state index in [1.165, 1.54) is 0 Å². The van der Waals surface area contributed by atoms with Gasteiger partial charge in [-0.1, -0.05) is 36.4 Å². The molecule has 0 aliphatic heterocycles. The second kappa shape index (κ2) is 9.02. The molecule has 0 saturated heterocycles. The van der Waals surface area contributed by atoms with E-state index in [9.17, 15) is 14.7 Å². The monoisotopic (exact) mass is 381 g/mol. The molecule has 3 rings (SSSR count). The van der Waals surface area contributed by atoms with Crippen LogP contribution in [0.1, 0.15) is 42.9 Å². The predicted octanol–water partition coefficient (Wildman–Crippen LogP) is 2.93. The molecule has 1 amide bonds. The fourth-order valence-corrected chi connectivity index (χ4v) is 3.60. The number of carbonyl (C=O) groups is 2. The molecule has 0 spiro atoms. The lowest BCUT2D eigenvalue weighted by Crippen LogP contribution is -2.44. The molecule has 0 fully saturated rings. The largest absolute Gasteiger partial charge is 0.484 e. The number of benzene rings is 2. The molecule has 2 aromatic carbocycles. The number of Topliss-reactive ketones (excluding diaryl/α,β-unsaturated/α-hetero) is 1. The number of aryl methyl sites for hydroxylation is 2. The SMILES string of the molecule is CC(=O)CCc1ccc(OCC(=O)NCC2(O)CCCc3ccccc32)cc1. The van der Waals surface area contributed by atoms with Crippen LogP contribution in [0.25, 0.3) is 0 Å². The maximum Gasteiger partial charge on any atom is 0.258 e. The highest BCUT2D eigenvalue weighted by Crippen LogP contribution is 2.34. The lowest BCUT2D eigenvalue weighted by atomic mass is 9.79. The van der Waals surface area contributed by atoms with Crippen LogP contribution in [-0.2, 0) is 28.0 Å². The van der Waals surface area contributed by atoms with Crippen LogP contribution in [-0.4, -0.2) is 29.9 Å². The summed E-state index contributed by atoms with van der Waals surface area (Å²) in [4.78, 5) is 23.2. The molecule has 1 atom stereocenters. The van der Waals surface area contributed by atoms with Crippen molar-refractivity contribution in [1.29, 1.82) is 0 Å². The van der Waals surface area contributed by atoms with E-state index < -0.39 is 5.60 Å². The van der Waals surface area contributed by atoms with Gasteiger partial charge in [0.15, 0.2) is 6.61 Å². The number of carbonyl (C=O) groups excluding carboxylic acids is 2. The zero-order valence-corrected chi connectivity index (χ0v) is 16.2. The summed E-state index contributed by atoms with van der Waals surface area (Å²) in [5.41, 5.74) is 2.09. The Labute approximate surface area is 165 Å². The Morgan fingerprint density at radius 3 is 2.64 bits per heavy atom. The molecular weight excluding hydrogens is 354 g/mol. The lowest BCUT2D eigenvalue weighted by molar-refractivity contribution is -0.124. The van der Waals surface area contributed by atoms with Crippen LogP contribution in [0.5, 0.6) is 5.75 Å². The van der Waals surface area contributed by atoms with Crippen molar-refractivity contribution in [3.05, 3.63) is 65.2 Å². The molecule has 0 heterocycles. The normalized spacial score (nSPS) is 18.2. The third-order valence-corrected chi connectivity index (χ3v) is 5.19. The lowest BCUT2D eigenvalue weighted by Gasteiger charge is -2.34. The summed E-state index contributed by atoms with van der Waals surface area (Å²) in [5.74, 6) is 0.500. The predicted molar refractivity (Wildman–Crippen MR) is 107 cm³/mol. The molecule has 2 aromatic rings. The third-order valence-electron chi connectivity index (χ3n) is 5.19. The molecule has 5 heteroatoms. The van der Waals surface area contributed by atoms with E-state index in [4.69, 9.17) is 4.74 Å². The molecule has 0 saturated carbocycles. The number of fused-ring (bicyclic) bond motifs is 1. The second-order valence-corrected chi connectivity index (χ2v) is 7.45. The van der Waals surface area contributed by atoms with Crippen molar-refractivity contribution in [3.63, 3.8) is 0 Å². The molecule has 28 heavy (non-hydrogen) atoms. The Bertz CT molecular complexity index is 831. The number of hydrogen-bond acceptors (Lipinski definition) is 4. The van der Waals surface area contributed by atoms with E-state index in [0.29, 0.717) is 25.0 Å². The van der Waals surface area contributed by atoms with E-state index in [2.05, 4.69) is 5.32 Å². The van der Waals surface area contributed by atoms with Gasteiger partial charge in [0, 0.05) is 6.42 Å². The number of ketones is 1. The minimum Gasteiger partial charge on any atom is -0.484 e. The second-order valence-electron chi connectivity index (χ2n) is 7.45. The number of aliphatic hydroxyl groups is 1. The van der Waals surface area contributed by atoms with Gasteiger partial charge in [-0.25, -0.2) is 0 Å². The molecule has 5 nitrogen and oxygen atoms in total. The molecule has 2 N–H and O–H groups in total. The van der Waals surface area contributed by atoms with Gasteiger partial charge in [-0.15, -0.1) is 0 Å². The summed E-state index contributed by atoms with van der Waals surface area (Å²) in [6.07, 6.45) is 3.71. The quantitative estimate of drug-likeness (QED) is 0.737. The first-order valence-electron chi connectivity index (χ1n) is 9.75. The van der Waals surface area contributed by atoms with Crippen molar-refractivity contribution in [2.45, 2.75) is 44.6 Å². The summed E-state index contributed by atoms with van der Waals surface area (Å²) in [5, 5.41) is 13.8. The molecule has 1 aliphatic rings. The number of ether oxygens (including phenoxy) is 1. The fourth-order valence-electron chi connectivity index (χ4n) is 3.60. The van der Waals surface area contributed by atoms with Crippen LogP contribution < -0.4 is 10.1 Å². The average molecular weight is 381 g/mol. The van der Waals surface area contributed by atoms with Gasteiger partial charge in [-0.2, -0.15) is 0 Å². The number of nitrogens with one attached hydrogen (secondary N) is 1.